The molecular weight excluding hydrogens is 208 g/mol. The Labute approximate surface area is 93.7 Å². The van der Waals surface area contributed by atoms with Crippen LogP contribution < -0.4 is 11.1 Å². The van der Waals surface area contributed by atoms with E-state index in [9.17, 15) is 4.79 Å². The maximum Gasteiger partial charge on any atom is 0.263 e. The zero-order chi connectivity index (χ0) is 11.3. The molecule has 4 heteroatoms. The van der Waals surface area contributed by atoms with E-state index in [-0.39, 0.29) is 11.9 Å². The van der Waals surface area contributed by atoms with Crippen LogP contribution in [-0.2, 0) is 0 Å². The van der Waals surface area contributed by atoms with Gasteiger partial charge in [0.25, 0.3) is 5.91 Å². The molecule has 1 rings (SSSR count). The number of rotatable bonds is 4. The summed E-state index contributed by atoms with van der Waals surface area (Å²) in [6.45, 7) is 1.99. The van der Waals surface area contributed by atoms with Crippen molar-refractivity contribution in [2.24, 2.45) is 0 Å². The minimum atomic E-state index is -0.135. The van der Waals surface area contributed by atoms with Crippen LogP contribution in [0.4, 0.5) is 5.69 Å². The third-order valence-corrected chi connectivity index (χ3v) is 3.02. The Kier molecular flexibility index (Phi) is 4.19. The van der Waals surface area contributed by atoms with E-state index in [0.29, 0.717) is 17.0 Å². The second kappa shape index (κ2) is 5.42. The summed E-state index contributed by atoms with van der Waals surface area (Å²) >= 11 is 1.34. The van der Waals surface area contributed by atoms with Crippen LogP contribution in [0.5, 0.6) is 0 Å². The molecule has 0 aromatic carbocycles. The maximum absolute atomic E-state index is 11.7. The second-order valence-corrected chi connectivity index (χ2v) is 4.11. The normalized spacial score (nSPS) is 11.7. The monoisotopic (exact) mass is 222 g/mol. The van der Waals surface area contributed by atoms with Crippen molar-refractivity contribution in [3.8, 4) is 12.3 Å². The molecule has 0 fully saturated rings. The number of nitrogens with two attached hydrogens (primary N) is 1. The van der Waals surface area contributed by atoms with Crippen molar-refractivity contribution in [3.05, 3.63) is 16.3 Å². The molecule has 0 aliphatic heterocycles. The van der Waals surface area contributed by atoms with E-state index in [1.54, 1.807) is 11.4 Å². The Morgan fingerprint density at radius 1 is 1.80 bits per heavy atom. The molecular formula is C11H14N2OS. The van der Waals surface area contributed by atoms with E-state index < -0.39 is 0 Å². The zero-order valence-corrected chi connectivity index (χ0v) is 9.43. The number of carbonyl (C=O) groups is 1. The molecule has 0 spiro atoms. The first kappa shape index (κ1) is 11.6. The summed E-state index contributed by atoms with van der Waals surface area (Å²) in [7, 11) is 0. The second-order valence-electron chi connectivity index (χ2n) is 3.19. The van der Waals surface area contributed by atoms with Gasteiger partial charge < -0.3 is 11.1 Å². The molecule has 1 amide bonds. The number of nitrogens with one attached hydrogen (secondary N) is 1. The van der Waals surface area contributed by atoms with Gasteiger partial charge in [0, 0.05) is 12.5 Å². The van der Waals surface area contributed by atoms with E-state index in [0.717, 1.165) is 6.42 Å². The van der Waals surface area contributed by atoms with Crippen LogP contribution in [0, 0.1) is 12.3 Å². The van der Waals surface area contributed by atoms with Gasteiger partial charge in [-0.05, 0) is 17.9 Å². The van der Waals surface area contributed by atoms with Gasteiger partial charge in [-0.15, -0.1) is 23.7 Å². The van der Waals surface area contributed by atoms with Gasteiger partial charge >= 0.3 is 0 Å². The van der Waals surface area contributed by atoms with Crippen molar-refractivity contribution in [1.29, 1.82) is 0 Å². The highest BCUT2D eigenvalue weighted by atomic mass is 32.1. The number of thiophene rings is 1. The fraction of sp³-hybridized carbons (Fsp3) is 0.364. The Morgan fingerprint density at radius 2 is 2.53 bits per heavy atom. The van der Waals surface area contributed by atoms with Crippen LogP contribution in [0.1, 0.15) is 29.4 Å². The van der Waals surface area contributed by atoms with Gasteiger partial charge in [-0.1, -0.05) is 6.92 Å². The van der Waals surface area contributed by atoms with Crippen LogP contribution in [0.25, 0.3) is 0 Å². The highest BCUT2D eigenvalue weighted by Crippen LogP contribution is 2.18. The van der Waals surface area contributed by atoms with Gasteiger partial charge in [-0.3, -0.25) is 4.79 Å². The van der Waals surface area contributed by atoms with Crippen molar-refractivity contribution in [1.82, 2.24) is 5.32 Å². The van der Waals surface area contributed by atoms with Crippen LogP contribution in [-0.4, -0.2) is 11.9 Å². The summed E-state index contributed by atoms with van der Waals surface area (Å²) in [6, 6.07) is 1.76. The number of amides is 1. The van der Waals surface area contributed by atoms with Gasteiger partial charge in [0.1, 0.15) is 4.88 Å². The van der Waals surface area contributed by atoms with E-state index in [4.69, 9.17) is 12.2 Å². The number of hydrogen-bond acceptors (Lipinski definition) is 3. The fourth-order valence-electron chi connectivity index (χ4n) is 1.19. The van der Waals surface area contributed by atoms with Crippen molar-refractivity contribution >= 4 is 22.9 Å². The number of carbonyl (C=O) groups excluding carboxylic acids is 1. The lowest BCUT2D eigenvalue weighted by atomic mass is 10.1. The Balaban J connectivity index is 2.63. The van der Waals surface area contributed by atoms with E-state index >= 15 is 0 Å². The van der Waals surface area contributed by atoms with Crippen LogP contribution >= 0.6 is 11.3 Å². The lowest BCUT2D eigenvalue weighted by molar-refractivity contribution is 0.0941. The molecule has 0 saturated carbocycles. The Morgan fingerprint density at radius 3 is 3.00 bits per heavy atom. The fourth-order valence-corrected chi connectivity index (χ4v) is 1.92. The summed E-state index contributed by atoms with van der Waals surface area (Å²) in [5.41, 5.74) is 6.16. The smallest absolute Gasteiger partial charge is 0.263 e. The molecule has 0 radical (unpaired) electrons. The topological polar surface area (TPSA) is 55.1 Å². The SMILES string of the molecule is C#CCC(CC)NC(=O)c1sccc1N. The van der Waals surface area contributed by atoms with E-state index in [1.165, 1.54) is 11.3 Å². The quantitative estimate of drug-likeness (QED) is 0.764. The molecule has 1 atom stereocenters. The third-order valence-electron chi connectivity index (χ3n) is 2.09. The Hall–Kier alpha value is -1.47. The summed E-state index contributed by atoms with van der Waals surface area (Å²) in [5.74, 6) is 2.41. The summed E-state index contributed by atoms with van der Waals surface area (Å²) in [4.78, 5) is 12.3. The first-order valence-corrected chi connectivity index (χ1v) is 5.64. The number of nitrogen functional groups attached to an aromatic ring is 1. The standard InChI is InChI=1S/C11H14N2OS/c1-3-5-8(4-2)13-11(14)10-9(12)6-7-15-10/h1,6-8H,4-5,12H2,2H3,(H,13,14). The minimum absolute atomic E-state index is 0.0315. The number of terminal acetylenes is 1. The molecule has 1 aromatic heterocycles. The van der Waals surface area contributed by atoms with Crippen molar-refractivity contribution < 1.29 is 4.79 Å². The van der Waals surface area contributed by atoms with Crippen LogP contribution in [0.2, 0.25) is 0 Å². The number of hydrogen-bond donors (Lipinski definition) is 2. The Bertz CT molecular complexity index is 378. The first-order chi connectivity index (χ1) is 7.19. The zero-order valence-electron chi connectivity index (χ0n) is 8.62. The molecule has 0 aliphatic carbocycles. The average molecular weight is 222 g/mol. The van der Waals surface area contributed by atoms with Gasteiger partial charge in [0.2, 0.25) is 0 Å². The molecule has 1 unspecified atom stereocenters. The predicted molar refractivity (Wildman–Crippen MR) is 63.7 cm³/mol. The summed E-state index contributed by atoms with van der Waals surface area (Å²) < 4.78 is 0. The molecule has 3 N–H and O–H groups in total. The number of anilines is 1. The van der Waals surface area contributed by atoms with Crippen LogP contribution in [0.3, 0.4) is 0 Å². The van der Waals surface area contributed by atoms with Crippen molar-refractivity contribution in [2.45, 2.75) is 25.8 Å². The lowest BCUT2D eigenvalue weighted by Gasteiger charge is -2.13. The molecule has 1 heterocycles. The van der Waals surface area contributed by atoms with Crippen molar-refractivity contribution in [2.75, 3.05) is 5.73 Å². The van der Waals surface area contributed by atoms with E-state index in [2.05, 4.69) is 11.2 Å². The lowest BCUT2D eigenvalue weighted by Crippen LogP contribution is -2.33. The molecule has 0 bridgehead atoms. The van der Waals surface area contributed by atoms with Crippen molar-refractivity contribution in [3.63, 3.8) is 0 Å². The van der Waals surface area contributed by atoms with Gasteiger partial charge in [0.05, 0.1) is 5.69 Å². The minimum Gasteiger partial charge on any atom is -0.397 e. The summed E-state index contributed by atoms with van der Waals surface area (Å²) in [6.07, 6.45) is 6.58. The van der Waals surface area contributed by atoms with E-state index in [1.807, 2.05) is 6.92 Å². The third kappa shape index (κ3) is 3.00. The average Bonchev–Trinajstić information content (AvgIpc) is 2.63. The first-order valence-electron chi connectivity index (χ1n) is 4.76. The van der Waals surface area contributed by atoms with Gasteiger partial charge in [0.15, 0.2) is 0 Å². The largest absolute Gasteiger partial charge is 0.397 e. The molecule has 3 nitrogen and oxygen atoms in total. The molecule has 0 aliphatic rings. The van der Waals surface area contributed by atoms with Crippen LogP contribution in [0.15, 0.2) is 11.4 Å². The molecule has 0 saturated heterocycles. The molecule has 15 heavy (non-hydrogen) atoms. The highest BCUT2D eigenvalue weighted by Gasteiger charge is 2.14. The molecule has 1 aromatic rings. The summed E-state index contributed by atoms with van der Waals surface area (Å²) in [5, 5.41) is 4.66. The predicted octanol–water partition coefficient (Wildman–Crippen LogP) is 1.86. The highest BCUT2D eigenvalue weighted by molar-refractivity contribution is 7.12. The maximum atomic E-state index is 11.7. The van der Waals surface area contributed by atoms with Gasteiger partial charge in [-0.2, -0.15) is 0 Å². The van der Waals surface area contributed by atoms with Gasteiger partial charge in [-0.25, -0.2) is 0 Å². The molecule has 80 valence electrons.